The molecule has 2 rings (SSSR count). The molecule has 1 saturated heterocycles. The summed E-state index contributed by atoms with van der Waals surface area (Å²) in [5.74, 6) is -0.186. The minimum absolute atomic E-state index is 0.186. The molecule has 1 aromatic rings. The molecule has 110 valence electrons. The van der Waals surface area contributed by atoms with Gasteiger partial charge in [-0.3, -0.25) is 9.59 Å². The van der Waals surface area contributed by atoms with E-state index in [0.717, 1.165) is 39.1 Å². The van der Waals surface area contributed by atoms with Crippen molar-refractivity contribution in [2.24, 2.45) is 0 Å². The number of nitrogens with one attached hydrogen (secondary N) is 2. The number of likely N-dealkylation sites (N-methyl/N-ethyl adjacent to an activating group) is 1. The van der Waals surface area contributed by atoms with Crippen molar-refractivity contribution < 1.29 is 4.79 Å². The maximum atomic E-state index is 11.8. The molecule has 2 N–H and O–H groups in total. The molecule has 0 spiro atoms. The van der Waals surface area contributed by atoms with E-state index < -0.39 is 0 Å². The molecular formula is C14H22N4O2. The summed E-state index contributed by atoms with van der Waals surface area (Å²) in [6.45, 7) is 6.05. The van der Waals surface area contributed by atoms with Crippen LogP contribution in [0.5, 0.6) is 0 Å². The summed E-state index contributed by atoms with van der Waals surface area (Å²) in [4.78, 5) is 30.2. The van der Waals surface area contributed by atoms with Crippen LogP contribution >= 0.6 is 0 Å². The summed E-state index contributed by atoms with van der Waals surface area (Å²) in [6.07, 6.45) is 2.42. The van der Waals surface area contributed by atoms with Gasteiger partial charge in [0, 0.05) is 50.6 Å². The van der Waals surface area contributed by atoms with Crippen molar-refractivity contribution in [3.8, 4) is 0 Å². The van der Waals surface area contributed by atoms with E-state index in [-0.39, 0.29) is 11.5 Å². The number of carbonyl (C=O) groups excluding carboxylic acids is 1. The SMILES string of the molecule is CN1CCN(CCCNC(=O)c2cc[nH]c(=O)c2)CC1. The highest BCUT2D eigenvalue weighted by Gasteiger charge is 2.13. The highest BCUT2D eigenvalue weighted by Crippen LogP contribution is 1.99. The molecule has 2 heterocycles. The van der Waals surface area contributed by atoms with Gasteiger partial charge < -0.3 is 20.1 Å². The Morgan fingerprint density at radius 3 is 2.80 bits per heavy atom. The average molecular weight is 278 g/mol. The first-order valence-electron chi connectivity index (χ1n) is 7.03. The van der Waals surface area contributed by atoms with Crippen molar-refractivity contribution in [1.29, 1.82) is 0 Å². The molecule has 1 amide bonds. The lowest BCUT2D eigenvalue weighted by molar-refractivity contribution is 0.0949. The summed E-state index contributed by atoms with van der Waals surface area (Å²) in [7, 11) is 2.14. The Kier molecular flexibility index (Phi) is 5.31. The fourth-order valence-electron chi connectivity index (χ4n) is 2.26. The highest BCUT2D eigenvalue weighted by molar-refractivity contribution is 5.93. The monoisotopic (exact) mass is 278 g/mol. The summed E-state index contributed by atoms with van der Waals surface area (Å²) < 4.78 is 0. The molecule has 1 aromatic heterocycles. The molecule has 1 fully saturated rings. The predicted molar refractivity (Wildman–Crippen MR) is 77.9 cm³/mol. The lowest BCUT2D eigenvalue weighted by Gasteiger charge is -2.32. The smallest absolute Gasteiger partial charge is 0.251 e. The zero-order chi connectivity index (χ0) is 14.4. The van der Waals surface area contributed by atoms with E-state index in [1.54, 1.807) is 6.07 Å². The van der Waals surface area contributed by atoms with Gasteiger partial charge in [-0.2, -0.15) is 0 Å². The Balaban J connectivity index is 1.66. The van der Waals surface area contributed by atoms with Gasteiger partial charge in [0.2, 0.25) is 5.56 Å². The number of pyridine rings is 1. The van der Waals surface area contributed by atoms with Crippen molar-refractivity contribution in [3.05, 3.63) is 34.2 Å². The molecule has 1 aliphatic heterocycles. The minimum atomic E-state index is -0.255. The van der Waals surface area contributed by atoms with Crippen LogP contribution < -0.4 is 10.9 Å². The van der Waals surface area contributed by atoms with Gasteiger partial charge >= 0.3 is 0 Å². The molecule has 20 heavy (non-hydrogen) atoms. The van der Waals surface area contributed by atoms with Gasteiger partial charge in [0.05, 0.1) is 0 Å². The maximum absolute atomic E-state index is 11.8. The lowest BCUT2D eigenvalue weighted by Crippen LogP contribution is -2.45. The Hall–Kier alpha value is -1.66. The number of aromatic amines is 1. The maximum Gasteiger partial charge on any atom is 0.251 e. The van der Waals surface area contributed by atoms with Gasteiger partial charge in [-0.25, -0.2) is 0 Å². The van der Waals surface area contributed by atoms with Crippen LogP contribution in [0.4, 0.5) is 0 Å². The molecular weight excluding hydrogens is 256 g/mol. The third-order valence-corrected chi connectivity index (χ3v) is 3.57. The molecule has 0 saturated carbocycles. The van der Waals surface area contributed by atoms with Crippen LogP contribution in [-0.2, 0) is 0 Å². The number of aromatic nitrogens is 1. The first-order chi connectivity index (χ1) is 9.65. The standard InChI is InChI=1S/C14H22N4O2/c1-17-7-9-18(10-8-17)6-2-4-16-14(20)12-3-5-15-13(19)11-12/h3,5,11H,2,4,6-10H2,1H3,(H,15,19)(H,16,20). The van der Waals surface area contributed by atoms with Crippen LogP contribution in [0, 0.1) is 0 Å². The third kappa shape index (κ3) is 4.47. The van der Waals surface area contributed by atoms with Gasteiger partial charge in [-0.15, -0.1) is 0 Å². The van der Waals surface area contributed by atoms with Gasteiger partial charge in [0.25, 0.3) is 5.91 Å². The molecule has 0 aliphatic carbocycles. The lowest BCUT2D eigenvalue weighted by atomic mass is 10.2. The topological polar surface area (TPSA) is 68.4 Å². The number of piperazine rings is 1. The fraction of sp³-hybridized carbons (Fsp3) is 0.571. The number of amides is 1. The van der Waals surface area contributed by atoms with E-state index in [1.807, 2.05) is 0 Å². The fourth-order valence-corrected chi connectivity index (χ4v) is 2.26. The Bertz CT molecular complexity index is 492. The average Bonchev–Trinajstić information content (AvgIpc) is 2.45. The van der Waals surface area contributed by atoms with Crippen LogP contribution in [0.3, 0.4) is 0 Å². The highest BCUT2D eigenvalue weighted by atomic mass is 16.2. The van der Waals surface area contributed by atoms with E-state index >= 15 is 0 Å². The summed E-state index contributed by atoms with van der Waals surface area (Å²) in [5, 5.41) is 2.85. The summed E-state index contributed by atoms with van der Waals surface area (Å²) in [5.41, 5.74) is 0.156. The van der Waals surface area contributed by atoms with Crippen LogP contribution in [0.1, 0.15) is 16.8 Å². The van der Waals surface area contributed by atoms with Crippen molar-refractivity contribution in [3.63, 3.8) is 0 Å². The van der Waals surface area contributed by atoms with E-state index in [2.05, 4.69) is 27.1 Å². The number of nitrogens with zero attached hydrogens (tertiary/aromatic N) is 2. The molecule has 0 bridgehead atoms. The molecule has 0 unspecified atom stereocenters. The first kappa shape index (κ1) is 14.7. The Labute approximate surface area is 118 Å². The summed E-state index contributed by atoms with van der Waals surface area (Å²) in [6, 6.07) is 2.92. The second-order valence-corrected chi connectivity index (χ2v) is 5.20. The molecule has 0 atom stereocenters. The van der Waals surface area contributed by atoms with Crippen molar-refractivity contribution in [1.82, 2.24) is 20.1 Å². The first-order valence-corrected chi connectivity index (χ1v) is 7.03. The summed E-state index contributed by atoms with van der Waals surface area (Å²) >= 11 is 0. The number of carbonyl (C=O) groups is 1. The second-order valence-electron chi connectivity index (χ2n) is 5.20. The van der Waals surface area contributed by atoms with Crippen LogP contribution in [0.15, 0.2) is 23.1 Å². The second kappa shape index (κ2) is 7.21. The van der Waals surface area contributed by atoms with Gasteiger partial charge in [-0.05, 0) is 26.1 Å². The van der Waals surface area contributed by atoms with Gasteiger partial charge in [-0.1, -0.05) is 0 Å². The normalized spacial score (nSPS) is 17.1. The predicted octanol–water partition coefficient (Wildman–Crippen LogP) is -0.258. The number of H-pyrrole nitrogens is 1. The van der Waals surface area contributed by atoms with Gasteiger partial charge in [0.15, 0.2) is 0 Å². The molecule has 0 radical (unpaired) electrons. The Morgan fingerprint density at radius 2 is 2.10 bits per heavy atom. The van der Waals surface area contributed by atoms with E-state index in [4.69, 9.17) is 0 Å². The quantitative estimate of drug-likeness (QED) is 0.728. The number of hydrogen-bond acceptors (Lipinski definition) is 4. The van der Waals surface area contributed by atoms with Crippen molar-refractivity contribution >= 4 is 5.91 Å². The number of rotatable bonds is 5. The van der Waals surface area contributed by atoms with Gasteiger partial charge in [0.1, 0.15) is 0 Å². The van der Waals surface area contributed by atoms with Crippen molar-refractivity contribution in [2.75, 3.05) is 46.3 Å². The molecule has 0 aromatic carbocycles. The third-order valence-electron chi connectivity index (χ3n) is 3.57. The molecule has 6 heteroatoms. The molecule has 6 nitrogen and oxygen atoms in total. The van der Waals surface area contributed by atoms with Crippen LogP contribution in [0.25, 0.3) is 0 Å². The zero-order valence-corrected chi connectivity index (χ0v) is 11.9. The van der Waals surface area contributed by atoms with Crippen LogP contribution in [0.2, 0.25) is 0 Å². The van der Waals surface area contributed by atoms with Crippen LogP contribution in [-0.4, -0.2) is 67.0 Å². The van der Waals surface area contributed by atoms with E-state index in [1.165, 1.54) is 12.3 Å². The van der Waals surface area contributed by atoms with Crippen molar-refractivity contribution in [2.45, 2.75) is 6.42 Å². The van der Waals surface area contributed by atoms with E-state index in [0.29, 0.717) is 12.1 Å². The number of hydrogen-bond donors (Lipinski definition) is 2. The zero-order valence-electron chi connectivity index (χ0n) is 11.9. The Morgan fingerprint density at radius 1 is 1.35 bits per heavy atom. The largest absolute Gasteiger partial charge is 0.352 e. The molecule has 1 aliphatic rings. The van der Waals surface area contributed by atoms with E-state index in [9.17, 15) is 9.59 Å². The minimum Gasteiger partial charge on any atom is -0.352 e.